The summed E-state index contributed by atoms with van der Waals surface area (Å²) in [5.41, 5.74) is 5.15. The largest absolute Gasteiger partial charge is 0.486 e. The molecule has 2 aliphatic heterocycles. The van der Waals surface area contributed by atoms with Crippen molar-refractivity contribution in [1.82, 2.24) is 9.88 Å². The summed E-state index contributed by atoms with van der Waals surface area (Å²) in [5, 5.41) is 17.7. The Kier molecular flexibility index (Phi) is 5.28. The molecule has 6 heteroatoms. The lowest BCUT2D eigenvalue weighted by Gasteiger charge is -2.34. The molecular formula is C26H28N4O2. The van der Waals surface area contributed by atoms with E-state index in [1.54, 1.807) is 0 Å². The minimum absolute atomic E-state index is 0.169. The molecule has 6 nitrogen and oxygen atoms in total. The monoisotopic (exact) mass is 428 g/mol. The number of nitrogens with zero attached hydrogens (tertiary/aromatic N) is 2. The Morgan fingerprint density at radius 2 is 2.09 bits per heavy atom. The van der Waals surface area contributed by atoms with Gasteiger partial charge in [-0.1, -0.05) is 12.2 Å². The normalized spacial score (nSPS) is 18.8. The number of nitriles is 1. The molecule has 0 saturated heterocycles. The molecule has 0 bridgehead atoms. The van der Waals surface area contributed by atoms with Gasteiger partial charge in [0.2, 0.25) is 0 Å². The summed E-state index contributed by atoms with van der Waals surface area (Å²) < 4.78 is 13.7. The number of benzene rings is 2. The third-order valence-electron chi connectivity index (χ3n) is 6.28. The molecule has 164 valence electrons. The summed E-state index contributed by atoms with van der Waals surface area (Å²) in [4.78, 5) is 0. The van der Waals surface area contributed by atoms with Crippen molar-refractivity contribution < 1.29 is 9.47 Å². The van der Waals surface area contributed by atoms with Crippen molar-refractivity contribution in [3.63, 3.8) is 0 Å². The first-order valence-electron chi connectivity index (χ1n) is 11.2. The van der Waals surface area contributed by atoms with E-state index in [0.29, 0.717) is 18.8 Å². The quantitative estimate of drug-likeness (QED) is 0.575. The number of ether oxygens (including phenoxy) is 2. The van der Waals surface area contributed by atoms with E-state index in [9.17, 15) is 5.26 Å². The predicted octanol–water partition coefficient (Wildman–Crippen LogP) is 4.24. The Hall–Kier alpha value is -3.43. The molecule has 0 amide bonds. The van der Waals surface area contributed by atoms with Gasteiger partial charge in [-0.3, -0.25) is 0 Å². The van der Waals surface area contributed by atoms with Crippen molar-refractivity contribution in [2.24, 2.45) is 7.05 Å². The lowest BCUT2D eigenvalue weighted by atomic mass is 9.93. The third kappa shape index (κ3) is 3.80. The van der Waals surface area contributed by atoms with Gasteiger partial charge in [0.1, 0.15) is 13.2 Å². The van der Waals surface area contributed by atoms with E-state index in [1.807, 2.05) is 24.3 Å². The van der Waals surface area contributed by atoms with Crippen LogP contribution in [0.2, 0.25) is 0 Å². The summed E-state index contributed by atoms with van der Waals surface area (Å²) >= 11 is 0. The van der Waals surface area contributed by atoms with E-state index in [0.717, 1.165) is 48.7 Å². The summed E-state index contributed by atoms with van der Waals surface area (Å²) in [6, 6.07) is 12.2. The number of hydrogen-bond acceptors (Lipinski definition) is 5. The summed E-state index contributed by atoms with van der Waals surface area (Å²) in [6.07, 6.45) is 8.54. The zero-order valence-electron chi connectivity index (χ0n) is 18.6. The molecular weight excluding hydrogens is 400 g/mol. The Labute approximate surface area is 188 Å². The van der Waals surface area contributed by atoms with Crippen LogP contribution in [0.1, 0.15) is 30.0 Å². The van der Waals surface area contributed by atoms with E-state index in [-0.39, 0.29) is 5.54 Å². The van der Waals surface area contributed by atoms with E-state index < -0.39 is 0 Å². The molecule has 3 heterocycles. The first-order chi connectivity index (χ1) is 15.6. The smallest absolute Gasteiger partial charge is 0.170 e. The Balaban J connectivity index is 1.18. The first kappa shape index (κ1) is 20.5. The molecule has 1 atom stereocenters. The highest BCUT2D eigenvalue weighted by Crippen LogP contribution is 2.42. The second-order valence-corrected chi connectivity index (χ2v) is 8.82. The van der Waals surface area contributed by atoms with Gasteiger partial charge in [-0.05, 0) is 62.2 Å². The van der Waals surface area contributed by atoms with Crippen molar-refractivity contribution >= 4 is 22.7 Å². The molecule has 32 heavy (non-hydrogen) atoms. The molecule has 3 aromatic rings. The summed E-state index contributed by atoms with van der Waals surface area (Å²) in [5.74, 6) is 1.65. The second-order valence-electron chi connectivity index (χ2n) is 8.82. The maximum absolute atomic E-state index is 9.22. The summed E-state index contributed by atoms with van der Waals surface area (Å²) in [6.45, 7) is 5.14. The highest BCUT2D eigenvalue weighted by molar-refractivity contribution is 5.85. The summed E-state index contributed by atoms with van der Waals surface area (Å²) in [7, 11) is 2.06. The molecule has 2 aromatic carbocycles. The number of rotatable bonds is 6. The number of anilines is 1. The SMILES string of the molecule is Cn1cc(CCCNCC2(C)C=Cc3c(ccc4c3OCCO4)N2)c2cc(C#N)ccc21. The van der Waals surface area contributed by atoms with Crippen LogP contribution in [0, 0.1) is 11.3 Å². The van der Waals surface area contributed by atoms with Gasteiger partial charge in [0.25, 0.3) is 0 Å². The molecule has 0 fully saturated rings. The minimum atomic E-state index is -0.169. The average molecular weight is 429 g/mol. The van der Waals surface area contributed by atoms with Gasteiger partial charge >= 0.3 is 0 Å². The number of aromatic nitrogens is 1. The number of fused-ring (bicyclic) bond motifs is 4. The lowest BCUT2D eigenvalue weighted by molar-refractivity contribution is 0.171. The Bertz CT molecular complexity index is 1240. The van der Waals surface area contributed by atoms with Crippen LogP contribution in [0.15, 0.2) is 42.6 Å². The van der Waals surface area contributed by atoms with Crippen LogP contribution in [0.5, 0.6) is 11.5 Å². The van der Waals surface area contributed by atoms with Crippen LogP contribution in [0.4, 0.5) is 5.69 Å². The molecule has 0 saturated carbocycles. The average Bonchev–Trinajstić information content (AvgIpc) is 3.13. The van der Waals surface area contributed by atoms with Crippen molar-refractivity contribution in [3.8, 4) is 17.6 Å². The highest BCUT2D eigenvalue weighted by Gasteiger charge is 2.28. The number of nitrogens with one attached hydrogen (secondary N) is 2. The fourth-order valence-corrected chi connectivity index (χ4v) is 4.63. The molecule has 1 unspecified atom stereocenters. The van der Waals surface area contributed by atoms with Crippen LogP contribution in [-0.2, 0) is 13.5 Å². The Morgan fingerprint density at radius 3 is 2.97 bits per heavy atom. The molecule has 2 aliphatic rings. The van der Waals surface area contributed by atoms with Gasteiger partial charge in [0.15, 0.2) is 11.5 Å². The fourth-order valence-electron chi connectivity index (χ4n) is 4.63. The van der Waals surface area contributed by atoms with Gasteiger partial charge in [-0.2, -0.15) is 5.26 Å². The lowest BCUT2D eigenvalue weighted by Crippen LogP contribution is -2.44. The van der Waals surface area contributed by atoms with E-state index in [2.05, 4.69) is 59.7 Å². The highest BCUT2D eigenvalue weighted by atomic mass is 16.6. The maximum atomic E-state index is 9.22. The fraction of sp³-hybridized carbons (Fsp3) is 0.346. The maximum Gasteiger partial charge on any atom is 0.170 e. The second kappa shape index (κ2) is 8.25. The van der Waals surface area contributed by atoms with Crippen LogP contribution in [-0.4, -0.2) is 36.4 Å². The standard InChI is InChI=1S/C26H28N4O2/c1-26(10-9-20-22(29-26)6-8-24-25(20)32-13-12-31-24)17-28-11-3-4-19-16-30(2)23-7-5-18(15-27)14-21(19)23/h5-10,14,16,28-29H,3-4,11-13,17H2,1-2H3. The van der Waals surface area contributed by atoms with Crippen molar-refractivity contribution in [2.45, 2.75) is 25.3 Å². The zero-order valence-corrected chi connectivity index (χ0v) is 18.6. The van der Waals surface area contributed by atoms with Crippen LogP contribution in [0.25, 0.3) is 17.0 Å². The van der Waals surface area contributed by atoms with Crippen molar-refractivity contribution in [3.05, 3.63) is 59.3 Å². The van der Waals surface area contributed by atoms with Crippen LogP contribution >= 0.6 is 0 Å². The van der Waals surface area contributed by atoms with E-state index >= 15 is 0 Å². The van der Waals surface area contributed by atoms with Crippen molar-refractivity contribution in [2.75, 3.05) is 31.6 Å². The number of aryl methyl sites for hydroxylation is 2. The van der Waals surface area contributed by atoms with Gasteiger partial charge in [-0.15, -0.1) is 0 Å². The molecule has 0 aliphatic carbocycles. The third-order valence-corrected chi connectivity index (χ3v) is 6.28. The molecule has 5 rings (SSSR count). The zero-order chi connectivity index (χ0) is 22.1. The van der Waals surface area contributed by atoms with Gasteiger partial charge < -0.3 is 24.7 Å². The molecule has 0 spiro atoms. The van der Waals surface area contributed by atoms with Gasteiger partial charge in [-0.25, -0.2) is 0 Å². The topological polar surface area (TPSA) is 71.2 Å². The van der Waals surface area contributed by atoms with Crippen molar-refractivity contribution in [1.29, 1.82) is 5.26 Å². The molecule has 0 radical (unpaired) electrons. The van der Waals surface area contributed by atoms with Gasteiger partial charge in [0, 0.05) is 41.9 Å². The van der Waals surface area contributed by atoms with E-state index in [1.165, 1.54) is 16.5 Å². The van der Waals surface area contributed by atoms with E-state index in [4.69, 9.17) is 9.47 Å². The first-order valence-corrected chi connectivity index (χ1v) is 11.2. The minimum Gasteiger partial charge on any atom is -0.486 e. The molecule has 1 aromatic heterocycles. The van der Waals surface area contributed by atoms with Crippen LogP contribution < -0.4 is 20.1 Å². The van der Waals surface area contributed by atoms with Crippen LogP contribution in [0.3, 0.4) is 0 Å². The molecule has 2 N–H and O–H groups in total. The van der Waals surface area contributed by atoms with Gasteiger partial charge in [0.05, 0.1) is 17.2 Å². The number of hydrogen-bond donors (Lipinski definition) is 2. The predicted molar refractivity (Wildman–Crippen MR) is 127 cm³/mol. The Morgan fingerprint density at radius 1 is 1.22 bits per heavy atom.